The third kappa shape index (κ3) is 11.2. The van der Waals surface area contributed by atoms with Gasteiger partial charge in [0.25, 0.3) is 0 Å². The Kier molecular flexibility index (Phi) is 15.3. The molecule has 0 spiro atoms. The number of nitrogens with zero attached hydrogens (tertiary/aromatic N) is 7. The quantitative estimate of drug-likeness (QED) is 0.0363. The minimum atomic E-state index is -5.48. The summed E-state index contributed by atoms with van der Waals surface area (Å²) < 4.78 is 59.7. The Bertz CT molecular complexity index is 2150. The van der Waals surface area contributed by atoms with Crippen molar-refractivity contribution in [2.45, 2.75) is 88.2 Å². The van der Waals surface area contributed by atoms with Crippen LogP contribution in [0.2, 0.25) is 0 Å². The zero-order valence-electron chi connectivity index (χ0n) is 32.2. The van der Waals surface area contributed by atoms with Gasteiger partial charge >= 0.3 is 27.3 Å². The summed E-state index contributed by atoms with van der Waals surface area (Å²) in [4.78, 5) is 85.7. The third-order valence-electron chi connectivity index (χ3n) is 9.40. The minimum Gasteiger partial charge on any atom is -0.480 e. The second-order valence-electron chi connectivity index (χ2n) is 14.1. The van der Waals surface area contributed by atoms with Crippen molar-refractivity contribution in [3.05, 3.63) is 48.1 Å². The molecule has 10 atom stereocenters. The standard InChI is InChI=1S/C32H47N9O17P2/c1-4-5-6-21(42)41(17(31(45)46)11-53-10-8-16(2)3)23-18(56-29(24(23)43)40-15-37-22-27(34)35-14-36-28(22)40)12-55-60(51,52)58-26-19(13-54-59(48,49)50)57-30(25(26)44)39-9-7-20(33)38-32(39)47/h4,7,9,14-19,23-26,29-30,43-44H,1,5-6,8,10-13H2,2-3H3,(H,45,46)(H,51,52)(H2,33,38,47)(H2,34,35,36)(H2,48,49,50)/t17-,18?,19-,23?,24?,25-,26-,29?,30-/m1/s1. The lowest BCUT2D eigenvalue weighted by Gasteiger charge is -2.37. The van der Waals surface area contributed by atoms with Crippen molar-refractivity contribution >= 4 is 50.3 Å². The Hall–Kier alpha value is -4.27. The summed E-state index contributed by atoms with van der Waals surface area (Å²) in [6, 6.07) is -2.23. The Morgan fingerprint density at radius 2 is 1.72 bits per heavy atom. The van der Waals surface area contributed by atoms with Crippen LogP contribution >= 0.6 is 15.6 Å². The lowest BCUT2D eigenvalue weighted by Crippen LogP contribution is -2.59. The monoisotopic (exact) mass is 891 g/mol. The van der Waals surface area contributed by atoms with Gasteiger partial charge in [0.15, 0.2) is 30.0 Å². The molecule has 0 saturated carbocycles. The van der Waals surface area contributed by atoms with Crippen molar-refractivity contribution in [1.82, 2.24) is 34.0 Å². The molecule has 0 aromatic carbocycles. The number of hydrogen-bond acceptors (Lipinski definition) is 19. The normalized spacial score (nSPS) is 26.0. The van der Waals surface area contributed by atoms with E-state index < -0.39 is 108 Å². The smallest absolute Gasteiger partial charge is 0.472 e. The number of nitrogens with two attached hydrogens (primary N) is 2. The van der Waals surface area contributed by atoms with Crippen molar-refractivity contribution in [3.63, 3.8) is 0 Å². The van der Waals surface area contributed by atoms with Crippen LogP contribution in [-0.2, 0) is 46.5 Å². The number of phosphoric ester groups is 2. The van der Waals surface area contributed by atoms with Gasteiger partial charge in [-0.3, -0.25) is 27.5 Å². The van der Waals surface area contributed by atoms with Gasteiger partial charge in [0.2, 0.25) is 5.91 Å². The first-order valence-corrected chi connectivity index (χ1v) is 21.3. The number of carboxylic acids is 1. The van der Waals surface area contributed by atoms with E-state index in [9.17, 15) is 53.5 Å². The minimum absolute atomic E-state index is 0.0332. The van der Waals surface area contributed by atoms with E-state index in [1.807, 2.05) is 13.8 Å². The largest absolute Gasteiger partial charge is 0.480 e. The number of aliphatic carboxylic acids is 1. The molecule has 1 amide bonds. The molecular formula is C32H47N9O17P2. The molecule has 332 valence electrons. The number of ether oxygens (including phenoxy) is 3. The number of aromatic nitrogens is 6. The molecule has 3 aromatic heterocycles. The molecule has 0 radical (unpaired) electrons. The van der Waals surface area contributed by atoms with E-state index in [1.54, 1.807) is 0 Å². The van der Waals surface area contributed by atoms with Gasteiger partial charge in [-0.2, -0.15) is 4.98 Å². The van der Waals surface area contributed by atoms with Crippen LogP contribution in [0, 0.1) is 5.92 Å². The number of aliphatic hydroxyl groups is 2. The number of imidazole rings is 1. The van der Waals surface area contributed by atoms with E-state index in [0.29, 0.717) is 6.42 Å². The van der Waals surface area contributed by atoms with Gasteiger partial charge in [0.1, 0.15) is 48.2 Å². The molecule has 28 heteroatoms. The first kappa shape index (κ1) is 46.8. The van der Waals surface area contributed by atoms with Crippen molar-refractivity contribution < 1.29 is 76.5 Å². The third-order valence-corrected chi connectivity index (χ3v) is 10.9. The Labute approximate surface area is 340 Å². The van der Waals surface area contributed by atoms with Crippen molar-refractivity contribution in [2.75, 3.05) is 37.9 Å². The number of allylic oxidation sites excluding steroid dienone is 1. The number of fused-ring (bicyclic) bond motifs is 1. The summed E-state index contributed by atoms with van der Waals surface area (Å²) >= 11 is 0. The van der Waals surface area contributed by atoms with Crippen LogP contribution in [0.1, 0.15) is 45.6 Å². The number of phosphoric acid groups is 2. The highest BCUT2D eigenvalue weighted by molar-refractivity contribution is 7.47. The topological polar surface area (TPSA) is 379 Å². The first-order chi connectivity index (χ1) is 28.2. The molecule has 2 fully saturated rings. The lowest BCUT2D eigenvalue weighted by molar-refractivity contribution is -0.159. The van der Waals surface area contributed by atoms with Crippen LogP contribution in [-0.4, -0.2) is 145 Å². The molecule has 5 heterocycles. The van der Waals surface area contributed by atoms with Crippen LogP contribution < -0.4 is 17.2 Å². The van der Waals surface area contributed by atoms with Crippen LogP contribution in [0.5, 0.6) is 0 Å². The van der Waals surface area contributed by atoms with Crippen molar-refractivity contribution in [1.29, 1.82) is 0 Å². The number of aliphatic hydroxyl groups excluding tert-OH is 2. The average molecular weight is 892 g/mol. The van der Waals surface area contributed by atoms with Crippen molar-refractivity contribution in [3.8, 4) is 0 Å². The van der Waals surface area contributed by atoms with Crippen molar-refractivity contribution in [2.24, 2.45) is 5.92 Å². The predicted molar refractivity (Wildman–Crippen MR) is 203 cm³/mol. The summed E-state index contributed by atoms with van der Waals surface area (Å²) in [6.45, 7) is 5.01. The molecule has 0 aliphatic carbocycles. The van der Waals surface area contributed by atoms with Gasteiger partial charge in [-0.25, -0.2) is 33.7 Å². The van der Waals surface area contributed by atoms with E-state index >= 15 is 0 Å². The molecule has 2 aliphatic heterocycles. The van der Waals surface area contributed by atoms with E-state index in [-0.39, 0.29) is 48.2 Å². The van der Waals surface area contributed by atoms with E-state index in [1.165, 1.54) is 23.0 Å². The second-order valence-corrected chi connectivity index (χ2v) is 16.7. The summed E-state index contributed by atoms with van der Waals surface area (Å²) in [5, 5.41) is 33.6. The fourth-order valence-corrected chi connectivity index (χ4v) is 7.84. The van der Waals surface area contributed by atoms with E-state index in [0.717, 1.165) is 22.0 Å². The molecule has 3 aromatic rings. The van der Waals surface area contributed by atoms with Crippen LogP contribution in [0.25, 0.3) is 11.2 Å². The maximum Gasteiger partial charge on any atom is 0.472 e. The zero-order valence-corrected chi connectivity index (χ0v) is 34.0. The Balaban J connectivity index is 1.48. The molecular weight excluding hydrogens is 844 g/mol. The fraction of sp³-hybridized carbons (Fsp3) is 0.594. The van der Waals surface area contributed by atoms with Gasteiger partial charge in [-0.15, -0.1) is 6.58 Å². The number of hydrogen-bond donors (Lipinski definition) is 8. The van der Waals surface area contributed by atoms with Crippen LogP contribution in [0.3, 0.4) is 0 Å². The molecule has 5 unspecified atom stereocenters. The van der Waals surface area contributed by atoms with E-state index in [4.69, 9.17) is 34.7 Å². The maximum absolute atomic E-state index is 14.0. The number of amides is 1. The first-order valence-electron chi connectivity index (χ1n) is 18.3. The number of rotatable bonds is 21. The van der Waals surface area contributed by atoms with Crippen LogP contribution in [0.4, 0.5) is 11.6 Å². The van der Waals surface area contributed by atoms with Gasteiger partial charge in [0, 0.05) is 19.2 Å². The molecule has 2 aliphatic rings. The molecule has 2 saturated heterocycles. The summed E-state index contributed by atoms with van der Waals surface area (Å²) in [5.74, 6) is -2.35. The zero-order chi connectivity index (χ0) is 44.1. The predicted octanol–water partition coefficient (Wildman–Crippen LogP) is -0.945. The molecule has 60 heavy (non-hydrogen) atoms. The van der Waals surface area contributed by atoms with E-state index in [2.05, 4.69) is 31.0 Å². The van der Waals surface area contributed by atoms with Crippen LogP contribution in [0.15, 0.2) is 42.4 Å². The van der Waals surface area contributed by atoms with Gasteiger partial charge < -0.3 is 60.6 Å². The highest BCUT2D eigenvalue weighted by Gasteiger charge is 2.54. The van der Waals surface area contributed by atoms with Gasteiger partial charge in [-0.1, -0.05) is 19.9 Å². The highest BCUT2D eigenvalue weighted by Crippen LogP contribution is 2.50. The van der Waals surface area contributed by atoms with Gasteiger partial charge in [-0.05, 0) is 24.8 Å². The Morgan fingerprint density at radius 1 is 1.03 bits per heavy atom. The number of carbonyl (C=O) groups is 2. The SMILES string of the molecule is C=CCCC(=O)N(C1C(COP(=O)(O)O[C@H]2[C@@H](O)[C@H](n3ccc(N)nc3=O)O[C@@H]2COP(=O)(O)O)OC(n2cnc3c(N)ncnc32)C1O)[C@H](COCCC(C)C)C(=O)O. The van der Waals surface area contributed by atoms with Gasteiger partial charge in [0.05, 0.1) is 32.2 Å². The summed E-state index contributed by atoms with van der Waals surface area (Å²) in [6.07, 6.45) is -7.28. The number of anilines is 2. The fourth-order valence-electron chi connectivity index (χ4n) is 6.54. The maximum atomic E-state index is 14.0. The molecule has 26 nitrogen and oxygen atoms in total. The Morgan fingerprint density at radius 3 is 2.37 bits per heavy atom. The summed E-state index contributed by atoms with van der Waals surface area (Å²) in [5.41, 5.74) is 10.6. The number of nitrogen functional groups attached to an aromatic ring is 2. The molecule has 5 rings (SSSR count). The lowest BCUT2D eigenvalue weighted by atomic mass is 10.0. The summed E-state index contributed by atoms with van der Waals surface area (Å²) in [7, 11) is -10.7. The molecule has 0 bridgehead atoms. The number of carboxylic acid groups (broad SMARTS) is 1. The second kappa shape index (κ2) is 19.6. The molecule has 10 N–H and O–H groups in total. The highest BCUT2D eigenvalue weighted by atomic mass is 31.2. The average Bonchev–Trinajstić information content (AvgIpc) is 3.83. The number of carbonyl (C=O) groups excluding carboxylic acids is 1.